The third-order valence-corrected chi connectivity index (χ3v) is 2.54. The number of ketones is 1. The zero-order chi connectivity index (χ0) is 10.0. The topological polar surface area (TPSA) is 37.4 Å². The summed E-state index contributed by atoms with van der Waals surface area (Å²) in [4.78, 5) is 23.9. The van der Waals surface area contributed by atoms with Gasteiger partial charge in [-0.3, -0.25) is 9.59 Å². The first-order valence-electron chi connectivity index (χ1n) is 4.79. The van der Waals surface area contributed by atoms with E-state index in [1.165, 1.54) is 0 Å². The molecule has 0 atom stereocenters. The molecule has 0 unspecified atom stereocenters. The molecule has 1 saturated heterocycles. The Hall–Kier alpha value is -0.860. The Kier molecular flexibility index (Phi) is 3.07. The van der Waals surface area contributed by atoms with Gasteiger partial charge in [0.15, 0.2) is 0 Å². The summed E-state index contributed by atoms with van der Waals surface area (Å²) in [5.41, 5.74) is 0. The molecule has 0 N–H and O–H groups in total. The number of carbonyl (C=O) groups excluding carboxylic acids is 2. The minimum atomic E-state index is 0.119. The van der Waals surface area contributed by atoms with Crippen LogP contribution in [0.3, 0.4) is 0 Å². The number of likely N-dealkylation sites (tertiary alicyclic amines) is 1. The van der Waals surface area contributed by atoms with E-state index in [4.69, 9.17) is 0 Å². The quantitative estimate of drug-likeness (QED) is 0.656. The van der Waals surface area contributed by atoms with Gasteiger partial charge >= 0.3 is 0 Å². The average molecular weight is 183 g/mol. The van der Waals surface area contributed by atoms with Crippen molar-refractivity contribution in [3.8, 4) is 0 Å². The molecule has 3 heteroatoms. The molecule has 0 spiro atoms. The highest BCUT2D eigenvalue weighted by molar-refractivity contribution is 5.81. The van der Waals surface area contributed by atoms with Crippen molar-refractivity contribution < 1.29 is 9.59 Å². The van der Waals surface area contributed by atoms with Gasteiger partial charge in [-0.2, -0.15) is 0 Å². The minimum absolute atomic E-state index is 0.119. The van der Waals surface area contributed by atoms with Gasteiger partial charge in [-0.25, -0.2) is 0 Å². The van der Waals surface area contributed by atoms with Crippen LogP contribution in [-0.4, -0.2) is 29.7 Å². The molecule has 1 aliphatic rings. The molecule has 1 rings (SSSR count). The van der Waals surface area contributed by atoms with Crippen LogP contribution >= 0.6 is 0 Å². The molecular weight excluding hydrogens is 166 g/mol. The summed E-state index contributed by atoms with van der Waals surface area (Å²) < 4.78 is 0. The fourth-order valence-corrected chi connectivity index (χ4v) is 1.48. The number of hydrogen-bond acceptors (Lipinski definition) is 2. The Labute approximate surface area is 79.1 Å². The molecule has 0 bridgehead atoms. The largest absolute Gasteiger partial charge is 0.342 e. The summed E-state index contributed by atoms with van der Waals surface area (Å²) in [6.45, 7) is 6.95. The molecule has 3 nitrogen and oxygen atoms in total. The standard InChI is InChI=1S/C10H17NO2/c1-7(2)10(13)4-9-5-11(6-9)8(3)12/h7,9H,4-6H2,1-3H3. The number of carbonyl (C=O) groups is 2. The van der Waals surface area contributed by atoms with Crippen LogP contribution in [0, 0.1) is 11.8 Å². The second kappa shape index (κ2) is 3.90. The first-order valence-corrected chi connectivity index (χ1v) is 4.79. The second-order valence-electron chi connectivity index (χ2n) is 4.12. The molecule has 0 saturated carbocycles. The Morgan fingerprint density at radius 3 is 2.31 bits per heavy atom. The van der Waals surface area contributed by atoms with Crippen molar-refractivity contribution in [3.05, 3.63) is 0 Å². The fourth-order valence-electron chi connectivity index (χ4n) is 1.48. The molecule has 0 aromatic heterocycles. The third kappa shape index (κ3) is 2.54. The molecule has 74 valence electrons. The fraction of sp³-hybridized carbons (Fsp3) is 0.800. The van der Waals surface area contributed by atoms with E-state index in [9.17, 15) is 9.59 Å². The van der Waals surface area contributed by atoms with E-state index in [1.807, 2.05) is 13.8 Å². The summed E-state index contributed by atoms with van der Waals surface area (Å²) >= 11 is 0. The Balaban J connectivity index is 2.22. The van der Waals surface area contributed by atoms with Crippen LogP contribution in [0.2, 0.25) is 0 Å². The summed E-state index contributed by atoms with van der Waals surface area (Å²) in [6, 6.07) is 0. The number of nitrogens with zero attached hydrogens (tertiary/aromatic N) is 1. The molecule has 0 aromatic rings. The second-order valence-corrected chi connectivity index (χ2v) is 4.12. The van der Waals surface area contributed by atoms with Gasteiger partial charge in [0.25, 0.3) is 0 Å². The van der Waals surface area contributed by atoms with E-state index in [0.717, 1.165) is 13.1 Å². The van der Waals surface area contributed by atoms with Gasteiger partial charge in [0, 0.05) is 38.3 Å². The summed E-state index contributed by atoms with van der Waals surface area (Å²) in [5, 5.41) is 0. The van der Waals surface area contributed by atoms with E-state index in [2.05, 4.69) is 0 Å². The van der Waals surface area contributed by atoms with Crippen LogP contribution in [-0.2, 0) is 9.59 Å². The first-order chi connectivity index (χ1) is 6.00. The van der Waals surface area contributed by atoms with E-state index >= 15 is 0 Å². The highest BCUT2D eigenvalue weighted by atomic mass is 16.2. The smallest absolute Gasteiger partial charge is 0.219 e. The summed E-state index contributed by atoms with van der Waals surface area (Å²) in [6.07, 6.45) is 0.640. The molecule has 1 aliphatic heterocycles. The van der Waals surface area contributed by atoms with Crippen LogP contribution in [0.1, 0.15) is 27.2 Å². The summed E-state index contributed by atoms with van der Waals surface area (Å²) in [7, 11) is 0. The zero-order valence-corrected chi connectivity index (χ0v) is 8.54. The maximum Gasteiger partial charge on any atom is 0.219 e. The van der Waals surface area contributed by atoms with Gasteiger partial charge in [0.2, 0.25) is 5.91 Å². The lowest BCUT2D eigenvalue weighted by Gasteiger charge is -2.38. The van der Waals surface area contributed by atoms with Crippen molar-refractivity contribution in [3.63, 3.8) is 0 Å². The zero-order valence-electron chi connectivity index (χ0n) is 8.54. The molecule has 0 radical (unpaired) electrons. The molecule has 1 fully saturated rings. The minimum Gasteiger partial charge on any atom is -0.342 e. The van der Waals surface area contributed by atoms with Crippen LogP contribution < -0.4 is 0 Å². The van der Waals surface area contributed by atoms with Crippen molar-refractivity contribution in [1.29, 1.82) is 0 Å². The van der Waals surface area contributed by atoms with Crippen molar-refractivity contribution in [1.82, 2.24) is 4.90 Å². The van der Waals surface area contributed by atoms with Gasteiger partial charge in [-0.05, 0) is 0 Å². The lowest BCUT2D eigenvalue weighted by Crippen LogP contribution is -2.49. The number of rotatable bonds is 3. The van der Waals surface area contributed by atoms with Gasteiger partial charge in [-0.15, -0.1) is 0 Å². The van der Waals surface area contributed by atoms with Gasteiger partial charge in [0.1, 0.15) is 5.78 Å². The van der Waals surface area contributed by atoms with Crippen LogP contribution in [0.5, 0.6) is 0 Å². The summed E-state index contributed by atoms with van der Waals surface area (Å²) in [5.74, 6) is 0.978. The van der Waals surface area contributed by atoms with Crippen molar-refractivity contribution in [2.75, 3.05) is 13.1 Å². The van der Waals surface area contributed by atoms with Crippen LogP contribution in [0.25, 0.3) is 0 Å². The predicted molar refractivity (Wildman–Crippen MR) is 50.2 cm³/mol. The van der Waals surface area contributed by atoms with Crippen molar-refractivity contribution >= 4 is 11.7 Å². The highest BCUT2D eigenvalue weighted by Crippen LogP contribution is 2.20. The van der Waals surface area contributed by atoms with E-state index < -0.39 is 0 Å². The number of Topliss-reactive ketones (excluding diaryl/α,β-unsaturated/α-hetero) is 1. The lowest BCUT2D eigenvalue weighted by molar-refractivity contribution is -0.137. The third-order valence-electron chi connectivity index (χ3n) is 2.54. The van der Waals surface area contributed by atoms with Gasteiger partial charge < -0.3 is 4.90 Å². The SMILES string of the molecule is CC(=O)N1CC(CC(=O)C(C)C)C1. The normalized spacial score (nSPS) is 17.4. The Morgan fingerprint density at radius 1 is 1.38 bits per heavy atom. The van der Waals surface area contributed by atoms with Crippen molar-refractivity contribution in [2.24, 2.45) is 11.8 Å². The maximum atomic E-state index is 11.3. The molecular formula is C10H17NO2. The lowest BCUT2D eigenvalue weighted by atomic mass is 9.90. The van der Waals surface area contributed by atoms with Crippen LogP contribution in [0.4, 0.5) is 0 Å². The van der Waals surface area contributed by atoms with Gasteiger partial charge in [0.05, 0.1) is 0 Å². The predicted octanol–water partition coefficient (Wildman–Crippen LogP) is 1.08. The monoisotopic (exact) mass is 183 g/mol. The Bertz CT molecular complexity index is 217. The van der Waals surface area contributed by atoms with E-state index in [0.29, 0.717) is 18.1 Å². The van der Waals surface area contributed by atoms with E-state index in [1.54, 1.807) is 11.8 Å². The van der Waals surface area contributed by atoms with Gasteiger partial charge in [-0.1, -0.05) is 13.8 Å². The number of hydrogen-bond donors (Lipinski definition) is 0. The van der Waals surface area contributed by atoms with Crippen molar-refractivity contribution in [2.45, 2.75) is 27.2 Å². The average Bonchev–Trinajstić information content (AvgIpc) is 1.94. The molecule has 0 aliphatic carbocycles. The maximum absolute atomic E-state index is 11.3. The Morgan fingerprint density at radius 2 is 1.92 bits per heavy atom. The molecule has 1 amide bonds. The molecule has 0 aromatic carbocycles. The molecule has 13 heavy (non-hydrogen) atoms. The highest BCUT2D eigenvalue weighted by Gasteiger charge is 2.30. The van der Waals surface area contributed by atoms with Crippen LogP contribution in [0.15, 0.2) is 0 Å². The number of amides is 1. The first kappa shape index (κ1) is 10.2. The van der Waals surface area contributed by atoms with E-state index in [-0.39, 0.29) is 11.8 Å². The molecule has 1 heterocycles.